The Morgan fingerprint density at radius 3 is 2.31 bits per heavy atom. The Morgan fingerprint density at radius 2 is 1.69 bits per heavy atom. The van der Waals surface area contributed by atoms with Crippen LogP contribution in [0.4, 0.5) is 0 Å². The molecule has 26 heavy (non-hydrogen) atoms. The zero-order valence-corrected chi connectivity index (χ0v) is 16.7. The molecule has 2 fully saturated rings. The van der Waals surface area contributed by atoms with Crippen LogP contribution in [0.15, 0.2) is 30.3 Å². The third kappa shape index (κ3) is 3.92. The molecule has 1 aliphatic heterocycles. The van der Waals surface area contributed by atoms with E-state index in [1.165, 1.54) is 18.4 Å². The molecular weight excluding hydrogens is 342 g/mol. The molecule has 6 heteroatoms. The molecule has 0 radical (unpaired) electrons. The van der Waals surface area contributed by atoms with E-state index in [0.29, 0.717) is 12.0 Å². The molecule has 1 saturated heterocycles. The van der Waals surface area contributed by atoms with Gasteiger partial charge >= 0.3 is 0 Å². The molecule has 0 N–H and O–H groups in total. The summed E-state index contributed by atoms with van der Waals surface area (Å²) < 4.78 is 5.27. The molecular formula is C20H29N5S. The molecule has 2 heterocycles. The summed E-state index contributed by atoms with van der Waals surface area (Å²) in [6, 6.07) is 11.3. The fourth-order valence-corrected chi connectivity index (χ4v) is 4.06. The summed E-state index contributed by atoms with van der Waals surface area (Å²) in [4.78, 5) is 5.01. The van der Waals surface area contributed by atoms with E-state index in [1.54, 1.807) is 0 Å². The molecule has 0 amide bonds. The van der Waals surface area contributed by atoms with Gasteiger partial charge in [-0.25, -0.2) is 4.68 Å². The monoisotopic (exact) mass is 371 g/mol. The summed E-state index contributed by atoms with van der Waals surface area (Å²) in [5.74, 6) is 1.57. The second kappa shape index (κ2) is 7.62. The average Bonchev–Trinajstić information content (AvgIpc) is 3.42. The molecule has 140 valence electrons. The molecule has 1 aromatic carbocycles. The van der Waals surface area contributed by atoms with Gasteiger partial charge in [0.1, 0.15) is 5.82 Å². The lowest BCUT2D eigenvalue weighted by Gasteiger charge is -2.34. The maximum Gasteiger partial charge on any atom is 0.199 e. The van der Waals surface area contributed by atoms with Gasteiger partial charge in [-0.3, -0.25) is 9.80 Å². The third-order valence-electron chi connectivity index (χ3n) is 5.37. The Bertz CT molecular complexity index is 782. The van der Waals surface area contributed by atoms with Crippen LogP contribution in [0.1, 0.15) is 50.0 Å². The van der Waals surface area contributed by atoms with Gasteiger partial charge < -0.3 is 4.57 Å². The van der Waals surface area contributed by atoms with Gasteiger partial charge in [0.15, 0.2) is 4.77 Å². The van der Waals surface area contributed by atoms with Crippen LogP contribution in [0.5, 0.6) is 0 Å². The van der Waals surface area contributed by atoms with E-state index in [2.05, 4.69) is 63.2 Å². The summed E-state index contributed by atoms with van der Waals surface area (Å²) in [5.41, 5.74) is 1.40. The number of piperazine rings is 1. The first-order valence-corrected chi connectivity index (χ1v) is 10.2. The summed E-state index contributed by atoms with van der Waals surface area (Å²) in [6.45, 7) is 10.6. The van der Waals surface area contributed by atoms with Gasteiger partial charge in [0, 0.05) is 44.7 Å². The molecule has 4 rings (SSSR count). The number of benzene rings is 1. The predicted molar refractivity (Wildman–Crippen MR) is 107 cm³/mol. The number of rotatable bonds is 6. The first kappa shape index (κ1) is 17.9. The Hall–Kier alpha value is -1.50. The molecule has 1 aromatic heterocycles. The van der Waals surface area contributed by atoms with Crippen LogP contribution in [-0.2, 0) is 13.2 Å². The highest BCUT2D eigenvalue weighted by molar-refractivity contribution is 7.71. The van der Waals surface area contributed by atoms with Crippen molar-refractivity contribution in [2.45, 2.75) is 51.9 Å². The van der Waals surface area contributed by atoms with Crippen molar-refractivity contribution in [3.05, 3.63) is 46.5 Å². The molecule has 2 aliphatic rings. The van der Waals surface area contributed by atoms with Crippen LogP contribution >= 0.6 is 12.2 Å². The van der Waals surface area contributed by atoms with Gasteiger partial charge in [-0.1, -0.05) is 44.2 Å². The minimum atomic E-state index is 0.418. The van der Waals surface area contributed by atoms with E-state index in [0.717, 1.165) is 50.0 Å². The number of hydrogen-bond acceptors (Lipinski definition) is 4. The number of hydrogen-bond donors (Lipinski definition) is 0. The van der Waals surface area contributed by atoms with Crippen molar-refractivity contribution < 1.29 is 0 Å². The van der Waals surface area contributed by atoms with Crippen LogP contribution in [0.25, 0.3) is 0 Å². The van der Waals surface area contributed by atoms with Crippen LogP contribution in [0.3, 0.4) is 0 Å². The van der Waals surface area contributed by atoms with Gasteiger partial charge in [-0.05, 0) is 30.6 Å². The zero-order chi connectivity index (χ0) is 18.1. The number of aromatic nitrogens is 3. The Labute approximate surface area is 161 Å². The summed E-state index contributed by atoms with van der Waals surface area (Å²) in [5, 5.41) is 4.87. The SMILES string of the molecule is CC(C)c1nn(CN2CCN(Cc3ccccc3)CC2)c(=S)n1C1CC1. The summed E-state index contributed by atoms with van der Waals surface area (Å²) in [6.07, 6.45) is 2.50. The third-order valence-corrected chi connectivity index (χ3v) is 5.78. The smallest absolute Gasteiger partial charge is 0.199 e. The summed E-state index contributed by atoms with van der Waals surface area (Å²) >= 11 is 5.75. The van der Waals surface area contributed by atoms with Crippen molar-refractivity contribution in [2.24, 2.45) is 0 Å². The van der Waals surface area contributed by atoms with Crippen molar-refractivity contribution in [2.75, 3.05) is 26.2 Å². The molecule has 0 bridgehead atoms. The average molecular weight is 372 g/mol. The van der Waals surface area contributed by atoms with Crippen LogP contribution in [-0.4, -0.2) is 50.3 Å². The predicted octanol–water partition coefficient (Wildman–Crippen LogP) is 3.65. The van der Waals surface area contributed by atoms with Crippen molar-refractivity contribution in [3.63, 3.8) is 0 Å². The van der Waals surface area contributed by atoms with Crippen molar-refractivity contribution in [1.29, 1.82) is 0 Å². The van der Waals surface area contributed by atoms with Gasteiger partial charge in [0.05, 0.1) is 6.67 Å². The highest BCUT2D eigenvalue weighted by Gasteiger charge is 2.29. The lowest BCUT2D eigenvalue weighted by molar-refractivity contribution is 0.0979. The normalized spacial score (nSPS) is 19.3. The second-order valence-corrected chi connectivity index (χ2v) is 8.28. The van der Waals surface area contributed by atoms with E-state index in [9.17, 15) is 0 Å². The van der Waals surface area contributed by atoms with Gasteiger partial charge in [-0.15, -0.1) is 0 Å². The highest BCUT2D eigenvalue weighted by atomic mass is 32.1. The fourth-order valence-electron chi connectivity index (χ4n) is 3.72. The number of nitrogens with zero attached hydrogens (tertiary/aromatic N) is 5. The maximum absolute atomic E-state index is 5.75. The van der Waals surface area contributed by atoms with Crippen molar-refractivity contribution in [3.8, 4) is 0 Å². The minimum Gasteiger partial charge on any atom is -0.301 e. The lowest BCUT2D eigenvalue weighted by Crippen LogP contribution is -2.46. The quantitative estimate of drug-likeness (QED) is 0.725. The van der Waals surface area contributed by atoms with E-state index in [4.69, 9.17) is 17.3 Å². The lowest BCUT2D eigenvalue weighted by atomic mass is 10.2. The standard InChI is InChI=1S/C20H29N5S/c1-16(2)19-21-24(20(26)25(19)18-8-9-18)15-23-12-10-22(11-13-23)14-17-6-4-3-5-7-17/h3-7,16,18H,8-15H2,1-2H3. The molecule has 5 nitrogen and oxygen atoms in total. The van der Waals surface area contributed by atoms with Crippen molar-refractivity contribution >= 4 is 12.2 Å². The van der Waals surface area contributed by atoms with Crippen molar-refractivity contribution in [1.82, 2.24) is 24.1 Å². The van der Waals surface area contributed by atoms with Gasteiger partial charge in [-0.2, -0.15) is 5.10 Å². The molecule has 0 spiro atoms. The van der Waals surface area contributed by atoms with E-state index in [-0.39, 0.29) is 0 Å². The highest BCUT2D eigenvalue weighted by Crippen LogP contribution is 2.37. The second-order valence-electron chi connectivity index (χ2n) is 7.92. The minimum absolute atomic E-state index is 0.418. The van der Waals surface area contributed by atoms with Crippen LogP contribution in [0.2, 0.25) is 0 Å². The molecule has 1 saturated carbocycles. The summed E-state index contributed by atoms with van der Waals surface area (Å²) in [7, 11) is 0. The van der Waals surface area contributed by atoms with E-state index >= 15 is 0 Å². The molecule has 0 unspecified atom stereocenters. The largest absolute Gasteiger partial charge is 0.301 e. The first-order valence-electron chi connectivity index (χ1n) is 9.79. The maximum atomic E-state index is 5.75. The van der Waals surface area contributed by atoms with Crippen LogP contribution < -0.4 is 0 Å². The Balaban J connectivity index is 1.37. The van der Waals surface area contributed by atoms with Gasteiger partial charge in [0.2, 0.25) is 0 Å². The molecule has 0 atom stereocenters. The first-order chi connectivity index (χ1) is 12.6. The van der Waals surface area contributed by atoms with Gasteiger partial charge in [0.25, 0.3) is 0 Å². The topological polar surface area (TPSA) is 29.2 Å². The Kier molecular flexibility index (Phi) is 5.25. The van der Waals surface area contributed by atoms with Crippen LogP contribution in [0, 0.1) is 4.77 Å². The van der Waals surface area contributed by atoms with E-state index in [1.807, 2.05) is 0 Å². The molecule has 2 aromatic rings. The Morgan fingerprint density at radius 1 is 1.04 bits per heavy atom. The fraction of sp³-hybridized carbons (Fsp3) is 0.600. The molecule has 1 aliphatic carbocycles. The zero-order valence-electron chi connectivity index (χ0n) is 15.8. The van der Waals surface area contributed by atoms with E-state index < -0.39 is 0 Å².